The monoisotopic (exact) mass is 409 g/mol. The number of thiocarbonyl (C=S) groups is 1. The van der Waals surface area contributed by atoms with E-state index in [0.717, 1.165) is 11.3 Å². The van der Waals surface area contributed by atoms with Crippen molar-refractivity contribution in [3.63, 3.8) is 0 Å². The zero-order valence-corrected chi connectivity index (χ0v) is 16.6. The van der Waals surface area contributed by atoms with Gasteiger partial charge in [-0.15, -0.1) is 0 Å². The first-order chi connectivity index (χ1) is 13.8. The summed E-state index contributed by atoms with van der Waals surface area (Å²) < 4.78 is 1.46. The van der Waals surface area contributed by atoms with E-state index in [1.54, 1.807) is 19.1 Å². The summed E-state index contributed by atoms with van der Waals surface area (Å²) in [6.45, 7) is 3.77. The molecule has 2 aromatic carbocycles. The normalized spacial score (nSPS) is 10.8. The standard InChI is InChI=1S/C20H19N5O3S/c1-12-3-9-16(10-4-12)25-18(26)17(13(2)24-25)11-21-23-20(29)22-15-7-5-14(6-8-15)19(27)28/h3-11,24H,1-2H3,(H,27,28)(H2,22,23,29). The number of nitrogens with one attached hydrogen (secondary N) is 3. The van der Waals surface area contributed by atoms with Crippen LogP contribution in [0.2, 0.25) is 0 Å². The summed E-state index contributed by atoms with van der Waals surface area (Å²) in [4.78, 5) is 23.5. The molecule has 9 heteroatoms. The van der Waals surface area contributed by atoms with Crippen LogP contribution in [0.3, 0.4) is 0 Å². The summed E-state index contributed by atoms with van der Waals surface area (Å²) >= 11 is 5.15. The number of anilines is 1. The van der Waals surface area contributed by atoms with Crippen LogP contribution in [0.15, 0.2) is 58.4 Å². The van der Waals surface area contributed by atoms with E-state index in [9.17, 15) is 9.59 Å². The second-order valence-electron chi connectivity index (χ2n) is 6.33. The Hall–Kier alpha value is -3.72. The van der Waals surface area contributed by atoms with E-state index in [1.807, 2.05) is 31.2 Å². The quantitative estimate of drug-likeness (QED) is 0.293. The Morgan fingerprint density at radius 2 is 1.79 bits per heavy atom. The van der Waals surface area contributed by atoms with E-state index in [-0.39, 0.29) is 16.2 Å². The summed E-state index contributed by atoms with van der Waals surface area (Å²) in [7, 11) is 0. The second-order valence-corrected chi connectivity index (χ2v) is 6.74. The van der Waals surface area contributed by atoms with Crippen LogP contribution >= 0.6 is 12.2 Å². The van der Waals surface area contributed by atoms with Gasteiger partial charge in [0, 0.05) is 11.4 Å². The lowest BCUT2D eigenvalue weighted by Gasteiger charge is -2.06. The Balaban J connectivity index is 1.67. The van der Waals surface area contributed by atoms with Gasteiger partial charge >= 0.3 is 5.97 Å². The molecule has 0 atom stereocenters. The molecule has 1 heterocycles. The van der Waals surface area contributed by atoms with Crippen LogP contribution in [0.1, 0.15) is 27.2 Å². The minimum atomic E-state index is -1.000. The number of carbonyl (C=O) groups is 1. The van der Waals surface area contributed by atoms with Crippen molar-refractivity contribution in [2.24, 2.45) is 5.10 Å². The number of hydrogen-bond donors (Lipinski definition) is 4. The predicted molar refractivity (Wildman–Crippen MR) is 116 cm³/mol. The Kier molecular flexibility index (Phi) is 5.89. The van der Waals surface area contributed by atoms with Gasteiger partial charge in [0.2, 0.25) is 0 Å². The summed E-state index contributed by atoms with van der Waals surface area (Å²) in [6, 6.07) is 13.7. The molecule has 1 aromatic heterocycles. The predicted octanol–water partition coefficient (Wildman–Crippen LogP) is 2.80. The molecule has 3 rings (SSSR count). The maximum atomic E-state index is 12.6. The Labute approximate surface area is 171 Å². The van der Waals surface area contributed by atoms with Gasteiger partial charge in [-0.05, 0) is 62.5 Å². The fourth-order valence-electron chi connectivity index (χ4n) is 2.60. The molecule has 0 unspecified atom stereocenters. The van der Waals surface area contributed by atoms with Crippen LogP contribution < -0.4 is 16.3 Å². The molecule has 0 radical (unpaired) electrons. The molecule has 0 aliphatic carbocycles. The van der Waals surface area contributed by atoms with Crippen LogP contribution in [0.5, 0.6) is 0 Å². The summed E-state index contributed by atoms with van der Waals surface area (Å²) in [5, 5.41) is 19.0. The highest BCUT2D eigenvalue weighted by molar-refractivity contribution is 7.80. The fraction of sp³-hybridized carbons (Fsp3) is 0.100. The molecule has 0 aliphatic heterocycles. The van der Waals surface area contributed by atoms with Gasteiger partial charge in [0.05, 0.1) is 23.0 Å². The number of carboxylic acid groups (broad SMARTS) is 1. The summed E-state index contributed by atoms with van der Waals surface area (Å²) in [5.41, 5.74) is 6.13. The number of aryl methyl sites for hydroxylation is 2. The molecule has 29 heavy (non-hydrogen) atoms. The molecule has 4 N–H and O–H groups in total. The van der Waals surface area contributed by atoms with Crippen molar-refractivity contribution < 1.29 is 9.90 Å². The molecular weight excluding hydrogens is 390 g/mol. The van der Waals surface area contributed by atoms with Gasteiger partial charge in [0.15, 0.2) is 5.11 Å². The van der Waals surface area contributed by atoms with E-state index in [0.29, 0.717) is 16.9 Å². The highest BCUT2D eigenvalue weighted by Crippen LogP contribution is 2.10. The second kappa shape index (κ2) is 8.53. The first-order valence-corrected chi connectivity index (χ1v) is 9.08. The van der Waals surface area contributed by atoms with Crippen LogP contribution in [0.4, 0.5) is 5.69 Å². The third-order valence-corrected chi connectivity index (χ3v) is 4.35. The zero-order valence-electron chi connectivity index (χ0n) is 15.8. The smallest absolute Gasteiger partial charge is 0.335 e. The number of H-pyrrole nitrogens is 1. The average molecular weight is 409 g/mol. The van der Waals surface area contributed by atoms with Crippen molar-refractivity contribution in [3.8, 4) is 5.69 Å². The number of aromatic nitrogens is 2. The number of hydrogen-bond acceptors (Lipinski definition) is 4. The van der Waals surface area contributed by atoms with Crippen molar-refractivity contribution in [2.75, 3.05) is 5.32 Å². The van der Waals surface area contributed by atoms with Crippen molar-refractivity contribution in [1.29, 1.82) is 0 Å². The third kappa shape index (κ3) is 4.77. The van der Waals surface area contributed by atoms with Crippen molar-refractivity contribution in [1.82, 2.24) is 15.2 Å². The van der Waals surface area contributed by atoms with Gasteiger partial charge in [0.25, 0.3) is 5.56 Å². The molecule has 3 aromatic rings. The first-order valence-electron chi connectivity index (χ1n) is 8.67. The number of hydrazone groups is 1. The minimum Gasteiger partial charge on any atom is -0.478 e. The molecule has 0 saturated heterocycles. The SMILES string of the molecule is Cc1ccc(-n2[nH]c(C)c(C=NNC(=S)Nc3ccc(C(=O)O)cc3)c2=O)cc1. The summed E-state index contributed by atoms with van der Waals surface area (Å²) in [6.07, 6.45) is 1.40. The lowest BCUT2D eigenvalue weighted by molar-refractivity contribution is 0.0697. The maximum absolute atomic E-state index is 12.6. The van der Waals surface area contributed by atoms with Gasteiger partial charge in [-0.25, -0.2) is 9.48 Å². The number of aromatic amines is 1. The molecule has 0 spiro atoms. The van der Waals surface area contributed by atoms with E-state index < -0.39 is 5.97 Å². The topological polar surface area (TPSA) is 112 Å². The third-order valence-electron chi connectivity index (χ3n) is 4.16. The molecule has 0 bridgehead atoms. The van der Waals surface area contributed by atoms with Crippen LogP contribution in [0.25, 0.3) is 5.69 Å². The molecule has 0 saturated carbocycles. The summed E-state index contributed by atoms with van der Waals surface area (Å²) in [5.74, 6) is -1.000. The number of nitrogens with zero attached hydrogens (tertiary/aromatic N) is 2. The van der Waals surface area contributed by atoms with Crippen LogP contribution in [-0.4, -0.2) is 32.2 Å². The molecule has 0 amide bonds. The Bertz CT molecular complexity index is 1130. The van der Waals surface area contributed by atoms with Gasteiger partial charge in [-0.3, -0.25) is 15.3 Å². The van der Waals surface area contributed by atoms with Gasteiger partial charge in [0.1, 0.15) is 0 Å². The Morgan fingerprint density at radius 3 is 2.41 bits per heavy atom. The van der Waals surface area contributed by atoms with Gasteiger partial charge in [-0.1, -0.05) is 17.7 Å². The minimum absolute atomic E-state index is 0.181. The average Bonchev–Trinajstić information content (AvgIpc) is 2.97. The first kappa shape index (κ1) is 20.0. The molecule has 0 fully saturated rings. The highest BCUT2D eigenvalue weighted by Gasteiger charge is 2.10. The number of carboxylic acids is 1. The maximum Gasteiger partial charge on any atom is 0.335 e. The number of aromatic carboxylic acids is 1. The lowest BCUT2D eigenvalue weighted by atomic mass is 10.2. The van der Waals surface area contributed by atoms with Crippen molar-refractivity contribution in [2.45, 2.75) is 13.8 Å². The van der Waals surface area contributed by atoms with E-state index in [4.69, 9.17) is 17.3 Å². The van der Waals surface area contributed by atoms with E-state index >= 15 is 0 Å². The molecule has 8 nitrogen and oxygen atoms in total. The Morgan fingerprint density at radius 1 is 1.14 bits per heavy atom. The van der Waals surface area contributed by atoms with Crippen molar-refractivity contribution >= 4 is 35.2 Å². The zero-order chi connectivity index (χ0) is 21.0. The molecule has 0 aliphatic rings. The number of rotatable bonds is 5. The molecular formula is C20H19N5O3S. The largest absolute Gasteiger partial charge is 0.478 e. The van der Waals surface area contributed by atoms with Gasteiger partial charge in [-0.2, -0.15) is 5.10 Å². The number of benzene rings is 2. The van der Waals surface area contributed by atoms with Crippen LogP contribution in [-0.2, 0) is 0 Å². The van der Waals surface area contributed by atoms with E-state index in [2.05, 4.69) is 20.9 Å². The lowest BCUT2D eigenvalue weighted by Crippen LogP contribution is -2.24. The molecule has 148 valence electrons. The van der Waals surface area contributed by atoms with Gasteiger partial charge < -0.3 is 10.4 Å². The van der Waals surface area contributed by atoms with E-state index in [1.165, 1.54) is 23.0 Å². The van der Waals surface area contributed by atoms with Crippen molar-refractivity contribution in [3.05, 3.63) is 81.3 Å². The van der Waals surface area contributed by atoms with Crippen LogP contribution in [0, 0.1) is 13.8 Å². The highest BCUT2D eigenvalue weighted by atomic mass is 32.1. The fourth-order valence-corrected chi connectivity index (χ4v) is 2.77.